The third kappa shape index (κ3) is 7.57. The standard InChI is InChI=1S/C14H25N3O2S/c1-12(2)15-10-13-6-5-7-14(16-13)11-17(3)8-9-20(4,18)19/h5-7,12,15H,8-11H2,1-4H3. The van der Waals surface area contributed by atoms with Gasteiger partial charge in [-0.2, -0.15) is 0 Å². The average Bonchev–Trinajstić information content (AvgIpc) is 2.34. The van der Waals surface area contributed by atoms with Crippen molar-refractivity contribution >= 4 is 9.84 Å². The van der Waals surface area contributed by atoms with Crippen molar-refractivity contribution < 1.29 is 8.42 Å². The van der Waals surface area contributed by atoms with Gasteiger partial charge in [-0.05, 0) is 19.2 Å². The molecule has 0 spiro atoms. The Kier molecular flexibility index (Phi) is 6.58. The Morgan fingerprint density at radius 2 is 1.95 bits per heavy atom. The van der Waals surface area contributed by atoms with Gasteiger partial charge in [-0.1, -0.05) is 19.9 Å². The van der Waals surface area contributed by atoms with E-state index in [1.165, 1.54) is 6.26 Å². The van der Waals surface area contributed by atoms with Crippen LogP contribution in [0.2, 0.25) is 0 Å². The lowest BCUT2D eigenvalue weighted by Crippen LogP contribution is -2.26. The second-order valence-corrected chi connectivity index (χ2v) is 7.78. The van der Waals surface area contributed by atoms with Gasteiger partial charge in [-0.15, -0.1) is 0 Å². The van der Waals surface area contributed by atoms with Crippen LogP contribution < -0.4 is 5.32 Å². The van der Waals surface area contributed by atoms with Crippen LogP contribution in [0.4, 0.5) is 0 Å². The lowest BCUT2D eigenvalue weighted by atomic mass is 10.2. The van der Waals surface area contributed by atoms with E-state index < -0.39 is 9.84 Å². The van der Waals surface area contributed by atoms with Gasteiger partial charge in [0, 0.05) is 31.9 Å². The number of sulfone groups is 1. The lowest BCUT2D eigenvalue weighted by Gasteiger charge is -2.16. The van der Waals surface area contributed by atoms with E-state index in [9.17, 15) is 8.42 Å². The normalized spacial score (nSPS) is 12.3. The molecule has 20 heavy (non-hydrogen) atoms. The first-order valence-corrected chi connectivity index (χ1v) is 8.87. The Morgan fingerprint density at radius 3 is 2.55 bits per heavy atom. The highest BCUT2D eigenvalue weighted by Crippen LogP contribution is 2.03. The van der Waals surface area contributed by atoms with Gasteiger partial charge in [0.2, 0.25) is 0 Å². The minimum absolute atomic E-state index is 0.179. The predicted molar refractivity (Wildman–Crippen MR) is 82.3 cm³/mol. The maximum atomic E-state index is 11.1. The molecule has 0 saturated carbocycles. The zero-order chi connectivity index (χ0) is 15.2. The summed E-state index contributed by atoms with van der Waals surface area (Å²) >= 11 is 0. The van der Waals surface area contributed by atoms with E-state index in [2.05, 4.69) is 24.1 Å². The molecule has 0 bridgehead atoms. The number of pyridine rings is 1. The second kappa shape index (κ2) is 7.71. The van der Waals surface area contributed by atoms with Gasteiger partial charge in [0.1, 0.15) is 9.84 Å². The molecule has 0 unspecified atom stereocenters. The number of nitrogens with one attached hydrogen (secondary N) is 1. The van der Waals surface area contributed by atoms with Crippen LogP contribution in [0.3, 0.4) is 0 Å². The van der Waals surface area contributed by atoms with Crippen LogP contribution in [0.25, 0.3) is 0 Å². The fourth-order valence-corrected chi connectivity index (χ4v) is 2.35. The maximum absolute atomic E-state index is 11.1. The van der Waals surface area contributed by atoms with E-state index in [1.54, 1.807) is 0 Å². The third-order valence-corrected chi connectivity index (χ3v) is 3.76. The first kappa shape index (κ1) is 17.1. The summed E-state index contributed by atoms with van der Waals surface area (Å²) in [7, 11) is -1.00. The molecule has 5 nitrogen and oxygen atoms in total. The molecule has 1 rings (SSSR count). The van der Waals surface area contributed by atoms with Crippen LogP contribution in [0.5, 0.6) is 0 Å². The van der Waals surface area contributed by atoms with Crippen molar-refractivity contribution in [3.63, 3.8) is 0 Å². The molecule has 6 heteroatoms. The van der Waals surface area contributed by atoms with Gasteiger partial charge in [0.25, 0.3) is 0 Å². The fourth-order valence-electron chi connectivity index (χ4n) is 1.70. The SMILES string of the molecule is CC(C)NCc1cccc(CN(C)CCS(C)(=O)=O)n1. The topological polar surface area (TPSA) is 62.3 Å². The monoisotopic (exact) mass is 299 g/mol. The van der Waals surface area contributed by atoms with Crippen molar-refractivity contribution in [3.8, 4) is 0 Å². The van der Waals surface area contributed by atoms with Crippen LogP contribution in [0, 0.1) is 0 Å². The van der Waals surface area contributed by atoms with Gasteiger partial charge in [-0.25, -0.2) is 8.42 Å². The van der Waals surface area contributed by atoms with Crippen molar-refractivity contribution in [1.29, 1.82) is 0 Å². The molecule has 114 valence electrons. The summed E-state index contributed by atoms with van der Waals surface area (Å²) in [6, 6.07) is 6.38. The summed E-state index contributed by atoms with van der Waals surface area (Å²) < 4.78 is 22.3. The summed E-state index contributed by atoms with van der Waals surface area (Å²) in [4.78, 5) is 6.55. The van der Waals surface area contributed by atoms with Crippen molar-refractivity contribution in [3.05, 3.63) is 29.6 Å². The van der Waals surface area contributed by atoms with Crippen LogP contribution in [-0.2, 0) is 22.9 Å². The maximum Gasteiger partial charge on any atom is 0.148 e. The Balaban J connectivity index is 2.52. The number of nitrogens with zero attached hydrogens (tertiary/aromatic N) is 2. The highest BCUT2D eigenvalue weighted by atomic mass is 32.2. The molecule has 0 atom stereocenters. The van der Waals surface area contributed by atoms with Gasteiger partial charge < -0.3 is 5.32 Å². The predicted octanol–water partition coefficient (Wildman–Crippen LogP) is 1.06. The molecule has 1 heterocycles. The molecule has 1 N–H and O–H groups in total. The van der Waals surface area contributed by atoms with Crippen molar-refractivity contribution in [2.24, 2.45) is 0 Å². The number of aromatic nitrogens is 1. The molecule has 0 amide bonds. The van der Waals surface area contributed by atoms with E-state index in [-0.39, 0.29) is 5.75 Å². The van der Waals surface area contributed by atoms with Gasteiger partial charge in [0.05, 0.1) is 17.1 Å². The highest BCUT2D eigenvalue weighted by Gasteiger charge is 2.07. The Bertz CT molecular complexity index is 515. The largest absolute Gasteiger partial charge is 0.309 e. The molecule has 0 aromatic carbocycles. The van der Waals surface area contributed by atoms with E-state index in [4.69, 9.17) is 0 Å². The number of hydrogen-bond donors (Lipinski definition) is 1. The average molecular weight is 299 g/mol. The lowest BCUT2D eigenvalue weighted by molar-refractivity contribution is 0.341. The van der Waals surface area contributed by atoms with Crippen LogP contribution in [-0.4, -0.2) is 49.9 Å². The molecule has 0 saturated heterocycles. The Hall–Kier alpha value is -0.980. The summed E-state index contributed by atoms with van der Waals surface area (Å²) in [5.41, 5.74) is 1.97. The third-order valence-electron chi connectivity index (χ3n) is 2.83. The highest BCUT2D eigenvalue weighted by molar-refractivity contribution is 7.90. The smallest absolute Gasteiger partial charge is 0.148 e. The fraction of sp³-hybridized carbons (Fsp3) is 0.643. The molecule has 0 aliphatic rings. The van der Waals surface area contributed by atoms with Gasteiger partial charge >= 0.3 is 0 Å². The molecule has 0 radical (unpaired) electrons. The zero-order valence-corrected chi connectivity index (χ0v) is 13.6. The van der Waals surface area contributed by atoms with Crippen LogP contribution in [0.1, 0.15) is 25.2 Å². The summed E-state index contributed by atoms with van der Waals surface area (Å²) in [5, 5.41) is 3.33. The second-order valence-electron chi connectivity index (χ2n) is 5.52. The van der Waals surface area contributed by atoms with E-state index in [0.717, 1.165) is 17.9 Å². The molecule has 0 fully saturated rings. The summed E-state index contributed by atoms with van der Waals surface area (Å²) in [6.07, 6.45) is 1.26. The van der Waals surface area contributed by atoms with E-state index in [0.29, 0.717) is 19.1 Å². The molecular formula is C14H25N3O2S. The molecular weight excluding hydrogens is 274 g/mol. The molecule has 0 aliphatic carbocycles. The Labute approximate surface area is 122 Å². The summed E-state index contributed by atoms with van der Waals surface area (Å²) in [5.74, 6) is 0.179. The number of hydrogen-bond acceptors (Lipinski definition) is 5. The van der Waals surface area contributed by atoms with Gasteiger partial charge in [0.15, 0.2) is 0 Å². The molecule has 0 aliphatic heterocycles. The van der Waals surface area contributed by atoms with Gasteiger partial charge in [-0.3, -0.25) is 9.88 Å². The minimum Gasteiger partial charge on any atom is -0.309 e. The quantitative estimate of drug-likeness (QED) is 0.777. The minimum atomic E-state index is -2.91. The van der Waals surface area contributed by atoms with E-state index in [1.807, 2.05) is 30.1 Å². The van der Waals surface area contributed by atoms with Crippen LogP contribution >= 0.6 is 0 Å². The Morgan fingerprint density at radius 1 is 1.30 bits per heavy atom. The zero-order valence-electron chi connectivity index (χ0n) is 12.8. The number of rotatable bonds is 8. The first-order chi connectivity index (χ1) is 9.26. The molecule has 1 aromatic rings. The van der Waals surface area contributed by atoms with E-state index >= 15 is 0 Å². The molecule has 1 aromatic heterocycles. The van der Waals surface area contributed by atoms with Crippen molar-refractivity contribution in [1.82, 2.24) is 15.2 Å². The first-order valence-electron chi connectivity index (χ1n) is 6.81. The van der Waals surface area contributed by atoms with Crippen LogP contribution in [0.15, 0.2) is 18.2 Å². The summed E-state index contributed by atoms with van der Waals surface area (Å²) in [6.45, 7) is 6.13. The van der Waals surface area contributed by atoms with Crippen molar-refractivity contribution in [2.45, 2.75) is 33.0 Å². The van der Waals surface area contributed by atoms with Crippen molar-refractivity contribution in [2.75, 3.05) is 25.6 Å².